The molecule has 2 aromatic rings. The average Bonchev–Trinajstić information content (AvgIpc) is 3.09. The van der Waals surface area contributed by atoms with E-state index in [-0.39, 0.29) is 42.5 Å². The highest BCUT2D eigenvalue weighted by atomic mass is 16.5. The highest BCUT2D eigenvalue weighted by Gasteiger charge is 2.10. The Kier molecular flexibility index (Phi) is 4.32. The number of nitrogens with zero attached hydrogens (tertiary/aromatic N) is 2. The van der Waals surface area contributed by atoms with Crippen LogP contribution in [0.3, 0.4) is 0 Å². The molecule has 2 amide bonds. The number of aromatic nitrogens is 3. The first-order valence-electron chi connectivity index (χ1n) is 5.77. The summed E-state index contributed by atoms with van der Waals surface area (Å²) < 4.78 is 9.67. The fraction of sp³-hybridized carbons (Fsp3) is 0.273. The molecule has 0 aliphatic carbocycles. The summed E-state index contributed by atoms with van der Waals surface area (Å²) in [5.74, 6) is -0.303. The van der Waals surface area contributed by atoms with Crippen LogP contribution in [0.1, 0.15) is 17.0 Å². The topological polar surface area (TPSA) is 122 Å². The molecular weight excluding hydrogens is 266 g/mol. The van der Waals surface area contributed by atoms with Crippen molar-refractivity contribution >= 4 is 17.8 Å². The molecule has 9 heteroatoms. The number of anilines is 1. The first kappa shape index (κ1) is 13.6. The van der Waals surface area contributed by atoms with Crippen LogP contribution in [-0.4, -0.2) is 40.7 Å². The van der Waals surface area contributed by atoms with E-state index < -0.39 is 0 Å². The summed E-state index contributed by atoms with van der Waals surface area (Å²) in [5, 5.41) is 11.2. The smallest absolute Gasteiger partial charge is 0.336 e. The molecule has 0 unspecified atom stereocenters. The quantitative estimate of drug-likeness (QED) is 0.692. The molecule has 3 N–H and O–H groups in total. The normalized spacial score (nSPS) is 10.1. The molecule has 0 fully saturated rings. The molecule has 0 aliphatic rings. The van der Waals surface area contributed by atoms with Crippen molar-refractivity contribution in [3.8, 4) is 6.01 Å². The number of H-pyrrole nitrogens is 1. The van der Waals surface area contributed by atoms with Gasteiger partial charge in [0.25, 0.3) is 5.91 Å². The molecule has 0 saturated heterocycles. The second kappa shape index (κ2) is 6.36. The van der Waals surface area contributed by atoms with Crippen LogP contribution in [0.5, 0.6) is 6.01 Å². The number of hydrogen-bond acceptors (Lipinski definition) is 6. The number of rotatable bonds is 6. The number of furan rings is 1. The first-order valence-corrected chi connectivity index (χ1v) is 5.77. The summed E-state index contributed by atoms with van der Waals surface area (Å²) in [6.07, 6.45) is 1.49. The lowest BCUT2D eigenvalue weighted by atomic mass is 10.3. The van der Waals surface area contributed by atoms with Crippen LogP contribution < -0.4 is 15.4 Å². The van der Waals surface area contributed by atoms with Crippen molar-refractivity contribution in [1.82, 2.24) is 20.5 Å². The van der Waals surface area contributed by atoms with Gasteiger partial charge in [-0.3, -0.25) is 14.9 Å². The fourth-order valence-electron chi connectivity index (χ4n) is 1.37. The minimum atomic E-state index is -0.371. The van der Waals surface area contributed by atoms with Crippen LogP contribution in [0.2, 0.25) is 0 Å². The molecule has 0 spiro atoms. The van der Waals surface area contributed by atoms with Gasteiger partial charge in [0.15, 0.2) is 5.76 Å². The lowest BCUT2D eigenvalue weighted by molar-refractivity contribution is -0.116. The third-order valence-corrected chi connectivity index (χ3v) is 2.29. The fourth-order valence-corrected chi connectivity index (χ4v) is 1.37. The van der Waals surface area contributed by atoms with Crippen molar-refractivity contribution in [2.45, 2.75) is 6.42 Å². The zero-order valence-corrected chi connectivity index (χ0v) is 10.7. The van der Waals surface area contributed by atoms with Crippen LogP contribution in [0.15, 0.2) is 22.8 Å². The van der Waals surface area contributed by atoms with E-state index in [4.69, 9.17) is 9.15 Å². The molecule has 2 rings (SSSR count). The Morgan fingerprint density at radius 3 is 3.00 bits per heavy atom. The maximum atomic E-state index is 11.6. The molecule has 0 aromatic carbocycles. The second-order valence-corrected chi connectivity index (χ2v) is 3.70. The van der Waals surface area contributed by atoms with Crippen molar-refractivity contribution in [1.29, 1.82) is 0 Å². The van der Waals surface area contributed by atoms with Gasteiger partial charge in [-0.25, -0.2) is 5.10 Å². The molecular formula is C11H13N5O4. The predicted molar refractivity (Wildman–Crippen MR) is 67.2 cm³/mol. The van der Waals surface area contributed by atoms with E-state index in [1.807, 2.05) is 0 Å². The van der Waals surface area contributed by atoms with Crippen molar-refractivity contribution in [2.24, 2.45) is 0 Å². The minimum Gasteiger partial charge on any atom is -0.466 e. The molecule has 0 saturated carbocycles. The Morgan fingerprint density at radius 1 is 1.50 bits per heavy atom. The summed E-state index contributed by atoms with van der Waals surface area (Å²) >= 11 is 0. The molecule has 20 heavy (non-hydrogen) atoms. The summed E-state index contributed by atoms with van der Waals surface area (Å²) in [7, 11) is 1.42. The van der Waals surface area contributed by atoms with Gasteiger partial charge >= 0.3 is 6.01 Å². The monoisotopic (exact) mass is 279 g/mol. The highest BCUT2D eigenvalue weighted by Crippen LogP contribution is 2.04. The third-order valence-electron chi connectivity index (χ3n) is 2.29. The number of amides is 2. The van der Waals surface area contributed by atoms with E-state index in [1.54, 1.807) is 6.07 Å². The maximum Gasteiger partial charge on any atom is 0.336 e. The number of hydrogen-bond donors (Lipinski definition) is 3. The first-order chi connectivity index (χ1) is 9.69. The number of ether oxygens (including phenoxy) is 1. The van der Waals surface area contributed by atoms with E-state index in [0.29, 0.717) is 0 Å². The van der Waals surface area contributed by atoms with Crippen LogP contribution in [0.25, 0.3) is 0 Å². The summed E-state index contributed by atoms with van der Waals surface area (Å²) in [5.41, 5.74) is 0. The third kappa shape index (κ3) is 3.57. The number of aromatic amines is 1. The van der Waals surface area contributed by atoms with Crippen LogP contribution in [0.4, 0.5) is 5.95 Å². The zero-order chi connectivity index (χ0) is 14.4. The minimum absolute atomic E-state index is 0.0927. The van der Waals surface area contributed by atoms with E-state index in [2.05, 4.69) is 25.8 Å². The van der Waals surface area contributed by atoms with Gasteiger partial charge in [-0.15, -0.1) is 5.10 Å². The highest BCUT2D eigenvalue weighted by molar-refractivity contribution is 5.92. The Hall–Kier alpha value is -2.84. The molecule has 9 nitrogen and oxygen atoms in total. The van der Waals surface area contributed by atoms with Crippen molar-refractivity contribution in [3.05, 3.63) is 24.2 Å². The summed E-state index contributed by atoms with van der Waals surface area (Å²) in [6, 6.07) is 3.28. The molecule has 106 valence electrons. The van der Waals surface area contributed by atoms with E-state index in [1.165, 1.54) is 19.4 Å². The second-order valence-electron chi connectivity index (χ2n) is 3.70. The predicted octanol–water partition coefficient (Wildman–Crippen LogP) is 0.165. The van der Waals surface area contributed by atoms with Crippen molar-refractivity contribution < 1.29 is 18.7 Å². The van der Waals surface area contributed by atoms with Gasteiger partial charge in [-0.1, -0.05) is 0 Å². The summed E-state index contributed by atoms with van der Waals surface area (Å²) in [6.45, 7) is 0.177. The Bertz CT molecular complexity index is 577. The van der Waals surface area contributed by atoms with Gasteiger partial charge < -0.3 is 14.5 Å². The SMILES string of the molecule is COc1n[nH]c(NC(=O)CCNC(=O)c2ccco2)n1. The Balaban J connectivity index is 1.71. The standard InChI is InChI=1S/C11H13N5O4/c1-19-11-14-10(15-16-11)13-8(17)4-5-12-9(18)7-3-2-6-20-7/h2-3,6H,4-5H2,1H3,(H,12,18)(H2,13,14,15,16,17). The van der Waals surface area contributed by atoms with Crippen LogP contribution >= 0.6 is 0 Å². The Morgan fingerprint density at radius 2 is 2.35 bits per heavy atom. The molecule has 2 heterocycles. The van der Waals surface area contributed by atoms with Gasteiger partial charge in [0.05, 0.1) is 13.4 Å². The number of nitrogens with one attached hydrogen (secondary N) is 3. The number of methoxy groups -OCH3 is 1. The van der Waals surface area contributed by atoms with Gasteiger partial charge in [0.1, 0.15) is 0 Å². The molecule has 2 aromatic heterocycles. The number of carbonyl (C=O) groups is 2. The zero-order valence-electron chi connectivity index (χ0n) is 10.7. The largest absolute Gasteiger partial charge is 0.466 e. The van der Waals surface area contributed by atoms with E-state index >= 15 is 0 Å². The Labute approximate surface area is 113 Å². The van der Waals surface area contributed by atoms with Gasteiger partial charge in [-0.05, 0) is 12.1 Å². The summed E-state index contributed by atoms with van der Waals surface area (Å²) in [4.78, 5) is 26.9. The molecule has 0 aliphatic heterocycles. The average molecular weight is 279 g/mol. The van der Waals surface area contributed by atoms with Gasteiger partial charge in [-0.2, -0.15) is 4.98 Å². The molecule has 0 atom stereocenters. The van der Waals surface area contributed by atoms with Gasteiger partial charge in [0, 0.05) is 13.0 Å². The number of carbonyl (C=O) groups excluding carboxylic acids is 2. The van der Waals surface area contributed by atoms with Crippen molar-refractivity contribution in [2.75, 3.05) is 19.0 Å². The maximum absolute atomic E-state index is 11.6. The lowest BCUT2D eigenvalue weighted by Gasteiger charge is -2.03. The van der Waals surface area contributed by atoms with Crippen LogP contribution in [0, 0.1) is 0 Å². The van der Waals surface area contributed by atoms with E-state index in [9.17, 15) is 9.59 Å². The van der Waals surface area contributed by atoms with Crippen molar-refractivity contribution in [3.63, 3.8) is 0 Å². The lowest BCUT2D eigenvalue weighted by Crippen LogP contribution is -2.27. The molecule has 0 bridgehead atoms. The van der Waals surface area contributed by atoms with E-state index in [0.717, 1.165) is 0 Å². The van der Waals surface area contributed by atoms with Crippen LogP contribution in [-0.2, 0) is 4.79 Å². The van der Waals surface area contributed by atoms with Gasteiger partial charge in [0.2, 0.25) is 11.9 Å². The molecule has 0 radical (unpaired) electrons.